The standard InChI is InChI=1S/C12H17FN2O5S/c1-8(3-4-16)7-14-21(19,20)12-6-11(15(17)18)10(13)5-9(12)2/h5-6,8,14,16H,3-4,7H2,1-2H3. The van der Waals surface area contributed by atoms with Crippen molar-refractivity contribution in [2.24, 2.45) is 5.92 Å². The summed E-state index contributed by atoms with van der Waals surface area (Å²) in [5, 5.41) is 19.4. The highest BCUT2D eigenvalue weighted by atomic mass is 32.2. The van der Waals surface area contributed by atoms with E-state index in [1.54, 1.807) is 6.92 Å². The molecule has 1 atom stereocenters. The molecule has 0 aliphatic heterocycles. The van der Waals surface area contributed by atoms with Crippen molar-refractivity contribution in [2.75, 3.05) is 13.2 Å². The number of hydrogen-bond acceptors (Lipinski definition) is 5. The molecular weight excluding hydrogens is 303 g/mol. The Labute approximate surface area is 122 Å². The number of rotatable bonds is 7. The summed E-state index contributed by atoms with van der Waals surface area (Å²) >= 11 is 0. The zero-order chi connectivity index (χ0) is 16.2. The van der Waals surface area contributed by atoms with Crippen LogP contribution in [0.25, 0.3) is 0 Å². The van der Waals surface area contributed by atoms with Gasteiger partial charge in [0.05, 0.1) is 9.82 Å². The molecule has 2 N–H and O–H groups in total. The highest BCUT2D eigenvalue weighted by Gasteiger charge is 2.24. The van der Waals surface area contributed by atoms with Gasteiger partial charge in [0.15, 0.2) is 0 Å². The lowest BCUT2D eigenvalue weighted by Gasteiger charge is -2.13. The number of halogens is 1. The second kappa shape index (κ2) is 6.92. The molecule has 1 rings (SSSR count). The first-order valence-corrected chi connectivity index (χ1v) is 7.72. The summed E-state index contributed by atoms with van der Waals surface area (Å²) in [5.41, 5.74) is -0.801. The van der Waals surface area contributed by atoms with E-state index in [9.17, 15) is 22.9 Å². The Morgan fingerprint density at radius 1 is 1.48 bits per heavy atom. The fourth-order valence-electron chi connectivity index (χ4n) is 1.72. The van der Waals surface area contributed by atoms with Crippen LogP contribution >= 0.6 is 0 Å². The topological polar surface area (TPSA) is 110 Å². The number of sulfonamides is 1. The van der Waals surface area contributed by atoms with E-state index < -0.39 is 26.5 Å². The zero-order valence-corrected chi connectivity index (χ0v) is 12.5. The summed E-state index contributed by atoms with van der Waals surface area (Å²) in [6.07, 6.45) is 0.422. The Morgan fingerprint density at radius 3 is 2.62 bits per heavy atom. The van der Waals surface area contributed by atoms with Crippen LogP contribution in [0.2, 0.25) is 0 Å². The van der Waals surface area contributed by atoms with Crippen molar-refractivity contribution < 1.29 is 22.8 Å². The van der Waals surface area contributed by atoms with E-state index in [1.165, 1.54) is 6.92 Å². The van der Waals surface area contributed by atoms with Crippen LogP contribution in [0, 0.1) is 28.8 Å². The zero-order valence-electron chi connectivity index (χ0n) is 11.7. The van der Waals surface area contributed by atoms with Crippen LogP contribution in [0.4, 0.5) is 10.1 Å². The number of nitro benzene ring substituents is 1. The summed E-state index contributed by atoms with van der Waals surface area (Å²) in [4.78, 5) is 9.39. The van der Waals surface area contributed by atoms with Crippen molar-refractivity contribution in [2.45, 2.75) is 25.2 Å². The van der Waals surface area contributed by atoms with Gasteiger partial charge in [-0.1, -0.05) is 6.92 Å². The summed E-state index contributed by atoms with van der Waals surface area (Å²) < 4.78 is 40.0. The van der Waals surface area contributed by atoms with Crippen molar-refractivity contribution in [1.29, 1.82) is 0 Å². The molecule has 0 heterocycles. The highest BCUT2D eigenvalue weighted by molar-refractivity contribution is 7.89. The molecule has 0 radical (unpaired) electrons. The molecule has 9 heteroatoms. The van der Waals surface area contributed by atoms with Gasteiger partial charge in [0, 0.05) is 19.2 Å². The first-order chi connectivity index (χ1) is 9.69. The Morgan fingerprint density at radius 2 is 2.10 bits per heavy atom. The molecule has 0 spiro atoms. The van der Waals surface area contributed by atoms with E-state index in [2.05, 4.69) is 4.72 Å². The lowest BCUT2D eigenvalue weighted by atomic mass is 10.1. The minimum atomic E-state index is -3.98. The summed E-state index contributed by atoms with van der Waals surface area (Å²) in [6, 6.07) is 1.54. The third-order valence-electron chi connectivity index (χ3n) is 2.97. The molecule has 1 unspecified atom stereocenters. The molecule has 21 heavy (non-hydrogen) atoms. The summed E-state index contributed by atoms with van der Waals surface area (Å²) in [6.45, 7) is 3.12. The number of nitro groups is 1. The second-order valence-corrected chi connectivity index (χ2v) is 6.53. The second-order valence-electron chi connectivity index (χ2n) is 4.80. The monoisotopic (exact) mass is 320 g/mol. The van der Waals surface area contributed by atoms with Crippen LogP contribution in [0.5, 0.6) is 0 Å². The molecule has 118 valence electrons. The van der Waals surface area contributed by atoms with E-state index in [4.69, 9.17) is 5.11 Å². The Bertz CT molecular complexity index is 633. The molecule has 7 nitrogen and oxygen atoms in total. The Kier molecular flexibility index (Phi) is 5.76. The molecule has 1 aromatic carbocycles. The largest absolute Gasteiger partial charge is 0.396 e. The average molecular weight is 320 g/mol. The quantitative estimate of drug-likeness (QED) is 0.582. The smallest absolute Gasteiger partial charge is 0.306 e. The third kappa shape index (κ3) is 4.45. The lowest BCUT2D eigenvalue weighted by Crippen LogP contribution is -2.29. The predicted octanol–water partition coefficient (Wildman–Crippen LogP) is 1.34. The van der Waals surface area contributed by atoms with Gasteiger partial charge >= 0.3 is 5.69 Å². The minimum Gasteiger partial charge on any atom is -0.396 e. The van der Waals surface area contributed by atoms with Crippen molar-refractivity contribution in [3.05, 3.63) is 33.6 Å². The molecule has 0 aliphatic carbocycles. The van der Waals surface area contributed by atoms with Gasteiger partial charge in [-0.2, -0.15) is 4.39 Å². The van der Waals surface area contributed by atoms with E-state index in [0.29, 0.717) is 12.5 Å². The number of benzene rings is 1. The maximum Gasteiger partial charge on any atom is 0.306 e. The van der Waals surface area contributed by atoms with Crippen LogP contribution in [0.15, 0.2) is 17.0 Å². The predicted molar refractivity (Wildman–Crippen MR) is 73.8 cm³/mol. The molecule has 0 saturated carbocycles. The van der Waals surface area contributed by atoms with Gasteiger partial charge in [-0.15, -0.1) is 0 Å². The molecule has 0 saturated heterocycles. The Balaban J connectivity index is 3.08. The van der Waals surface area contributed by atoms with E-state index in [0.717, 1.165) is 6.07 Å². The van der Waals surface area contributed by atoms with Crippen LogP contribution in [0.1, 0.15) is 18.9 Å². The maximum absolute atomic E-state index is 13.4. The van der Waals surface area contributed by atoms with Gasteiger partial charge in [0.2, 0.25) is 15.8 Å². The molecule has 0 aromatic heterocycles. The number of nitrogens with zero attached hydrogens (tertiary/aromatic N) is 1. The SMILES string of the molecule is Cc1cc(F)c([N+](=O)[O-])cc1S(=O)(=O)NCC(C)CCO. The van der Waals surface area contributed by atoms with Crippen LogP contribution < -0.4 is 4.72 Å². The number of hydrogen-bond donors (Lipinski definition) is 2. The lowest BCUT2D eigenvalue weighted by molar-refractivity contribution is -0.387. The first kappa shape index (κ1) is 17.5. The van der Waals surface area contributed by atoms with Crippen LogP contribution in [-0.2, 0) is 10.0 Å². The maximum atomic E-state index is 13.4. The van der Waals surface area contributed by atoms with Gasteiger partial charge in [-0.3, -0.25) is 10.1 Å². The van der Waals surface area contributed by atoms with Gasteiger partial charge in [-0.25, -0.2) is 13.1 Å². The van der Waals surface area contributed by atoms with E-state index in [1.807, 2.05) is 0 Å². The fraction of sp³-hybridized carbons (Fsp3) is 0.500. The summed E-state index contributed by atoms with van der Waals surface area (Å²) in [7, 11) is -3.98. The Hall–Kier alpha value is -1.58. The van der Waals surface area contributed by atoms with E-state index in [-0.39, 0.29) is 29.5 Å². The van der Waals surface area contributed by atoms with Crippen LogP contribution in [-0.4, -0.2) is 31.6 Å². The molecule has 0 amide bonds. The van der Waals surface area contributed by atoms with Gasteiger partial charge < -0.3 is 5.11 Å². The molecule has 0 aliphatic rings. The minimum absolute atomic E-state index is 0.0655. The van der Waals surface area contributed by atoms with Crippen molar-refractivity contribution in [3.63, 3.8) is 0 Å². The number of nitrogens with one attached hydrogen (secondary N) is 1. The number of aliphatic hydroxyl groups is 1. The third-order valence-corrected chi connectivity index (χ3v) is 4.54. The average Bonchev–Trinajstić information content (AvgIpc) is 2.36. The summed E-state index contributed by atoms with van der Waals surface area (Å²) in [5.74, 6) is -1.18. The van der Waals surface area contributed by atoms with Crippen molar-refractivity contribution in [3.8, 4) is 0 Å². The van der Waals surface area contributed by atoms with Crippen molar-refractivity contribution >= 4 is 15.7 Å². The van der Waals surface area contributed by atoms with Crippen LogP contribution in [0.3, 0.4) is 0 Å². The number of aryl methyl sites for hydroxylation is 1. The highest BCUT2D eigenvalue weighted by Crippen LogP contribution is 2.25. The van der Waals surface area contributed by atoms with Gasteiger partial charge in [-0.05, 0) is 30.9 Å². The molecule has 0 bridgehead atoms. The molecule has 0 fully saturated rings. The first-order valence-electron chi connectivity index (χ1n) is 6.24. The molecule has 1 aromatic rings. The molecular formula is C12H17FN2O5S. The van der Waals surface area contributed by atoms with Crippen molar-refractivity contribution in [1.82, 2.24) is 4.72 Å². The van der Waals surface area contributed by atoms with E-state index >= 15 is 0 Å². The van der Waals surface area contributed by atoms with Gasteiger partial charge in [0.1, 0.15) is 0 Å². The van der Waals surface area contributed by atoms with Gasteiger partial charge in [0.25, 0.3) is 0 Å². The number of aliphatic hydroxyl groups excluding tert-OH is 1. The fourth-order valence-corrected chi connectivity index (χ4v) is 3.13. The normalized spacial score (nSPS) is 13.1.